The molecule has 0 amide bonds. The van der Waals surface area contributed by atoms with Crippen molar-refractivity contribution < 1.29 is 30.1 Å². The van der Waals surface area contributed by atoms with Crippen LogP contribution in [0.25, 0.3) is 22.9 Å². The van der Waals surface area contributed by atoms with E-state index in [0.29, 0.717) is 17.0 Å². The van der Waals surface area contributed by atoms with Gasteiger partial charge in [-0.15, -0.1) is 0 Å². The molecule has 4 rings (SSSR count). The first kappa shape index (κ1) is 29.7. The van der Waals surface area contributed by atoms with Crippen LogP contribution in [-0.4, -0.2) is 61.1 Å². The van der Waals surface area contributed by atoms with E-state index in [2.05, 4.69) is 41.6 Å². The lowest BCUT2D eigenvalue weighted by atomic mass is 10.2. The first-order valence-corrected chi connectivity index (χ1v) is 15.9. The highest BCUT2D eigenvalue weighted by Gasteiger charge is 2.20. The van der Waals surface area contributed by atoms with Crippen LogP contribution < -0.4 is 4.90 Å². The molecule has 0 saturated carbocycles. The SMILES string of the molecule is CN(CCS(=O)(=O)Cl)c1nc(-c2cc(-c3ccon3)n(Cc3ccccc3F)n2)ncc1F.O=S(=O)(Cl)Cl. The van der Waals surface area contributed by atoms with Gasteiger partial charge in [-0.25, -0.2) is 27.2 Å². The highest BCUT2D eigenvalue weighted by molar-refractivity contribution is 8.31. The molecule has 204 valence electrons. The fourth-order valence-electron chi connectivity index (χ4n) is 3.09. The van der Waals surface area contributed by atoms with Crippen molar-refractivity contribution in [1.29, 1.82) is 0 Å². The van der Waals surface area contributed by atoms with Crippen molar-refractivity contribution in [2.75, 3.05) is 24.2 Å². The zero-order valence-corrected chi connectivity index (χ0v) is 23.1. The van der Waals surface area contributed by atoms with Crippen LogP contribution >= 0.6 is 32.0 Å². The Morgan fingerprint density at radius 3 is 2.32 bits per heavy atom. The Hall–Kier alpha value is -2.85. The van der Waals surface area contributed by atoms with Gasteiger partial charge in [0.25, 0.3) is 0 Å². The van der Waals surface area contributed by atoms with Crippen molar-refractivity contribution in [1.82, 2.24) is 24.9 Å². The molecule has 0 fully saturated rings. The number of anilines is 1. The second-order valence-corrected chi connectivity index (χ2v) is 14.0. The Morgan fingerprint density at radius 1 is 1.03 bits per heavy atom. The molecule has 0 aliphatic heterocycles. The molecule has 0 N–H and O–H groups in total. The third kappa shape index (κ3) is 8.87. The van der Waals surface area contributed by atoms with Gasteiger partial charge >= 0.3 is 8.26 Å². The molecule has 11 nitrogen and oxygen atoms in total. The molecule has 18 heteroatoms. The molecular formula is C20H17Cl3F2N6O5S2. The summed E-state index contributed by atoms with van der Waals surface area (Å²) in [5.74, 6) is -1.55. The van der Waals surface area contributed by atoms with Gasteiger partial charge in [0.05, 0.1) is 24.2 Å². The maximum absolute atomic E-state index is 14.4. The normalized spacial score (nSPS) is 11.6. The lowest BCUT2D eigenvalue weighted by Crippen LogP contribution is -2.25. The molecule has 0 aliphatic rings. The second kappa shape index (κ2) is 12.3. The van der Waals surface area contributed by atoms with Crippen LogP contribution in [0.5, 0.6) is 0 Å². The predicted molar refractivity (Wildman–Crippen MR) is 138 cm³/mol. The van der Waals surface area contributed by atoms with Gasteiger partial charge in [-0.2, -0.15) is 13.5 Å². The molecule has 1 aromatic carbocycles. The van der Waals surface area contributed by atoms with E-state index in [4.69, 9.17) is 23.6 Å². The first-order chi connectivity index (χ1) is 17.7. The van der Waals surface area contributed by atoms with E-state index in [0.717, 1.165) is 6.20 Å². The van der Waals surface area contributed by atoms with E-state index in [9.17, 15) is 17.2 Å². The van der Waals surface area contributed by atoms with Crippen molar-refractivity contribution in [2.45, 2.75) is 6.54 Å². The predicted octanol–water partition coefficient (Wildman–Crippen LogP) is 4.04. The Balaban J connectivity index is 0.000000732. The van der Waals surface area contributed by atoms with Crippen molar-refractivity contribution in [3.05, 3.63) is 66.1 Å². The highest BCUT2D eigenvalue weighted by atomic mass is 36.0. The summed E-state index contributed by atoms with van der Waals surface area (Å²) < 4.78 is 75.8. The van der Waals surface area contributed by atoms with Crippen molar-refractivity contribution >= 4 is 55.2 Å². The van der Waals surface area contributed by atoms with E-state index in [1.54, 1.807) is 30.3 Å². The van der Waals surface area contributed by atoms with E-state index < -0.39 is 34.7 Å². The summed E-state index contributed by atoms with van der Waals surface area (Å²) >= 11 is 0. The van der Waals surface area contributed by atoms with Gasteiger partial charge in [-0.05, 0) is 12.1 Å². The van der Waals surface area contributed by atoms with Crippen LogP contribution in [0.4, 0.5) is 14.6 Å². The van der Waals surface area contributed by atoms with Crippen molar-refractivity contribution in [2.24, 2.45) is 0 Å². The standard InChI is InChI=1S/C20H17ClF2N6O3S.Cl2O2S/c1-28(7-9-33(21,30)31)20-15(23)11-24-19(25-20)17-10-18(16-6-8-32-27-16)29(26-17)12-13-4-2-3-5-14(13)22;1-5(2,3)4/h2-6,8,10-11H,7,9,12H2,1H3;. The van der Waals surface area contributed by atoms with E-state index in [-0.39, 0.29) is 30.4 Å². The molecule has 0 atom stereocenters. The molecule has 0 spiro atoms. The van der Waals surface area contributed by atoms with E-state index >= 15 is 0 Å². The van der Waals surface area contributed by atoms with Crippen LogP contribution in [-0.2, 0) is 23.9 Å². The van der Waals surface area contributed by atoms with Crippen molar-refractivity contribution in [3.8, 4) is 22.9 Å². The van der Waals surface area contributed by atoms with E-state index in [1.165, 1.54) is 29.0 Å². The maximum Gasteiger partial charge on any atom is 0.317 e. The summed E-state index contributed by atoms with van der Waals surface area (Å²) in [6, 6.07) is 9.53. The van der Waals surface area contributed by atoms with Crippen LogP contribution in [0.3, 0.4) is 0 Å². The Bertz CT molecular complexity index is 1610. The average molecular weight is 630 g/mol. The molecule has 0 unspecified atom stereocenters. The number of benzene rings is 1. The topological polar surface area (TPSA) is 141 Å². The Kier molecular flexibility index (Phi) is 9.64. The third-order valence-corrected chi connectivity index (χ3v) is 5.88. The summed E-state index contributed by atoms with van der Waals surface area (Å²) in [7, 11) is 7.78. The number of halogens is 5. The number of hydrogen-bond acceptors (Lipinski definition) is 10. The van der Waals surface area contributed by atoms with Gasteiger partial charge in [0.15, 0.2) is 17.5 Å². The van der Waals surface area contributed by atoms with Gasteiger partial charge in [0, 0.05) is 57.3 Å². The molecular weight excluding hydrogens is 613 g/mol. The highest BCUT2D eigenvalue weighted by Crippen LogP contribution is 2.26. The number of rotatable bonds is 8. The molecule has 38 heavy (non-hydrogen) atoms. The van der Waals surface area contributed by atoms with Gasteiger partial charge in [-0.1, -0.05) is 23.4 Å². The fraction of sp³-hybridized carbons (Fsp3) is 0.200. The third-order valence-electron chi connectivity index (χ3n) is 4.74. The molecule has 3 aromatic heterocycles. The molecule has 0 radical (unpaired) electrons. The smallest absolute Gasteiger partial charge is 0.317 e. The minimum atomic E-state index is -3.76. The van der Waals surface area contributed by atoms with E-state index in [1.807, 2.05) is 0 Å². The maximum atomic E-state index is 14.4. The van der Waals surface area contributed by atoms with Crippen LogP contribution in [0.2, 0.25) is 0 Å². The molecule has 0 aliphatic carbocycles. The largest absolute Gasteiger partial charge is 0.364 e. The number of nitrogens with zero attached hydrogens (tertiary/aromatic N) is 6. The number of aromatic nitrogens is 5. The zero-order valence-electron chi connectivity index (χ0n) is 19.2. The Morgan fingerprint density at radius 2 is 1.71 bits per heavy atom. The monoisotopic (exact) mass is 628 g/mol. The van der Waals surface area contributed by atoms with Gasteiger partial charge < -0.3 is 9.42 Å². The molecule has 4 aromatic rings. The molecule has 0 bridgehead atoms. The summed E-state index contributed by atoms with van der Waals surface area (Å²) in [6.07, 6.45) is 2.36. The van der Waals surface area contributed by atoms with Crippen LogP contribution in [0.1, 0.15) is 5.56 Å². The summed E-state index contributed by atoms with van der Waals surface area (Å²) in [5.41, 5.74) is 1.65. The second-order valence-electron chi connectivity index (χ2n) is 7.46. The summed E-state index contributed by atoms with van der Waals surface area (Å²) in [5, 5.41) is 8.39. The molecule has 0 saturated heterocycles. The summed E-state index contributed by atoms with van der Waals surface area (Å²) in [4.78, 5) is 9.54. The quantitative estimate of drug-likeness (QED) is 0.262. The first-order valence-electron chi connectivity index (χ1n) is 10.2. The minimum Gasteiger partial charge on any atom is -0.364 e. The van der Waals surface area contributed by atoms with Gasteiger partial charge in [-0.3, -0.25) is 4.68 Å². The van der Waals surface area contributed by atoms with Crippen LogP contribution in [0.15, 0.2) is 53.4 Å². The lowest BCUT2D eigenvalue weighted by molar-refractivity contribution is 0.421. The average Bonchev–Trinajstić information content (AvgIpc) is 3.48. The Labute approximate surface area is 229 Å². The van der Waals surface area contributed by atoms with Crippen molar-refractivity contribution in [3.63, 3.8) is 0 Å². The van der Waals surface area contributed by atoms with Gasteiger partial charge in [0.1, 0.15) is 23.5 Å². The molecule has 3 heterocycles. The summed E-state index contributed by atoms with van der Waals surface area (Å²) in [6.45, 7) is 0.0154. The zero-order chi connectivity index (χ0) is 28.1. The lowest BCUT2D eigenvalue weighted by Gasteiger charge is -2.17. The van der Waals surface area contributed by atoms with Crippen LogP contribution in [0, 0.1) is 11.6 Å². The fourth-order valence-corrected chi connectivity index (χ4v) is 3.79. The van der Waals surface area contributed by atoms with Gasteiger partial charge in [0.2, 0.25) is 9.05 Å². The number of hydrogen-bond donors (Lipinski definition) is 0. The minimum absolute atomic E-state index is 0.0783.